The van der Waals surface area contributed by atoms with Crippen LogP contribution in [0.4, 0.5) is 11.4 Å². The lowest BCUT2D eigenvalue weighted by molar-refractivity contribution is 0.0976. The van der Waals surface area contributed by atoms with Gasteiger partial charge in [-0.3, -0.25) is 28.8 Å². The minimum atomic E-state index is -0.682. The maximum Gasteiger partial charge on any atom is 0.256 e. The van der Waals surface area contributed by atoms with Crippen LogP contribution < -0.4 is 10.6 Å². The van der Waals surface area contributed by atoms with Crippen LogP contribution in [-0.2, 0) is 0 Å². The summed E-state index contributed by atoms with van der Waals surface area (Å²) in [5, 5.41) is 5.42. The van der Waals surface area contributed by atoms with Crippen molar-refractivity contribution in [1.29, 1.82) is 0 Å². The third kappa shape index (κ3) is 4.08. The number of benzene rings is 5. The van der Waals surface area contributed by atoms with Gasteiger partial charge >= 0.3 is 0 Å². The van der Waals surface area contributed by atoms with Crippen LogP contribution >= 0.6 is 0 Å². The highest BCUT2D eigenvalue weighted by Gasteiger charge is 2.33. The van der Waals surface area contributed by atoms with E-state index in [-0.39, 0.29) is 67.4 Å². The normalized spacial score (nSPS) is 12.9. The van der Waals surface area contributed by atoms with Crippen molar-refractivity contribution in [3.63, 3.8) is 0 Å². The highest BCUT2D eigenvalue weighted by molar-refractivity contribution is 6.32. The minimum absolute atomic E-state index is 0.00450. The first kappa shape index (κ1) is 26.6. The number of ketones is 4. The topological polar surface area (TPSA) is 126 Å². The summed E-state index contributed by atoms with van der Waals surface area (Å²) in [6.07, 6.45) is 0. The van der Waals surface area contributed by atoms with Gasteiger partial charge in [0.05, 0.1) is 33.6 Å². The summed E-state index contributed by atoms with van der Waals surface area (Å²) >= 11 is 0. The van der Waals surface area contributed by atoms with Crippen molar-refractivity contribution in [3.05, 3.63) is 165 Å². The SMILES string of the molecule is O=C(Nc1cccc2c1C(=O)c1ccccc1C2=O)c1ccccc1C(=O)Nc1cccc2c1C(=O)c1ccccc1C2=O. The summed E-state index contributed by atoms with van der Waals surface area (Å²) in [6, 6.07) is 28.3. The maximum atomic E-state index is 13.6. The molecule has 0 bridgehead atoms. The molecule has 0 aromatic heterocycles. The molecule has 44 heavy (non-hydrogen) atoms. The number of carbonyl (C=O) groups excluding carboxylic acids is 6. The van der Waals surface area contributed by atoms with E-state index in [2.05, 4.69) is 10.6 Å². The second-order valence-corrected chi connectivity index (χ2v) is 10.3. The molecule has 0 fully saturated rings. The second-order valence-electron chi connectivity index (χ2n) is 10.3. The Morgan fingerprint density at radius 3 is 1.07 bits per heavy atom. The molecule has 0 radical (unpaired) electrons. The van der Waals surface area contributed by atoms with Crippen molar-refractivity contribution >= 4 is 46.3 Å². The van der Waals surface area contributed by atoms with Crippen molar-refractivity contribution in [2.75, 3.05) is 10.6 Å². The van der Waals surface area contributed by atoms with Crippen LogP contribution in [0.1, 0.15) is 84.4 Å². The molecule has 2 aliphatic rings. The van der Waals surface area contributed by atoms with Gasteiger partial charge in [-0.15, -0.1) is 0 Å². The summed E-state index contributed by atoms with van der Waals surface area (Å²) in [7, 11) is 0. The molecular weight excluding hydrogens is 556 g/mol. The number of anilines is 2. The Kier molecular flexibility index (Phi) is 6.18. The molecule has 0 saturated carbocycles. The van der Waals surface area contributed by atoms with Crippen LogP contribution in [0.5, 0.6) is 0 Å². The van der Waals surface area contributed by atoms with E-state index in [9.17, 15) is 28.8 Å². The Morgan fingerprint density at radius 2 is 0.682 bits per heavy atom. The van der Waals surface area contributed by atoms with Gasteiger partial charge in [-0.1, -0.05) is 84.9 Å². The molecule has 0 spiro atoms. The largest absolute Gasteiger partial charge is 0.321 e. The number of hydrogen-bond acceptors (Lipinski definition) is 6. The molecule has 8 nitrogen and oxygen atoms in total. The highest BCUT2D eigenvalue weighted by Crippen LogP contribution is 2.34. The lowest BCUT2D eigenvalue weighted by Crippen LogP contribution is -2.26. The Hall–Kier alpha value is -6.28. The van der Waals surface area contributed by atoms with Crippen LogP contribution in [0.15, 0.2) is 109 Å². The number of fused-ring (bicyclic) bond motifs is 4. The Bertz CT molecular complexity index is 1990. The van der Waals surface area contributed by atoms with Crippen LogP contribution in [-0.4, -0.2) is 34.9 Å². The molecule has 2 aliphatic carbocycles. The zero-order valence-corrected chi connectivity index (χ0v) is 22.8. The molecule has 210 valence electrons. The summed E-state index contributed by atoms with van der Waals surface area (Å²) in [4.78, 5) is 80.2. The van der Waals surface area contributed by atoms with Gasteiger partial charge in [0.15, 0.2) is 23.1 Å². The lowest BCUT2D eigenvalue weighted by atomic mass is 9.83. The van der Waals surface area contributed by atoms with Gasteiger partial charge in [-0.2, -0.15) is 0 Å². The van der Waals surface area contributed by atoms with Crippen molar-refractivity contribution in [3.8, 4) is 0 Å². The third-order valence-corrected chi connectivity index (χ3v) is 7.82. The highest BCUT2D eigenvalue weighted by atomic mass is 16.2. The van der Waals surface area contributed by atoms with Crippen molar-refractivity contribution in [2.45, 2.75) is 0 Å². The van der Waals surface area contributed by atoms with Crippen molar-refractivity contribution in [2.24, 2.45) is 0 Å². The van der Waals surface area contributed by atoms with E-state index in [0.717, 1.165) is 0 Å². The van der Waals surface area contributed by atoms with E-state index >= 15 is 0 Å². The molecule has 7 rings (SSSR count). The maximum absolute atomic E-state index is 13.6. The van der Waals surface area contributed by atoms with Crippen LogP contribution in [0.2, 0.25) is 0 Å². The van der Waals surface area contributed by atoms with E-state index in [1.807, 2.05) is 0 Å². The van der Waals surface area contributed by atoms with Gasteiger partial charge in [0.25, 0.3) is 11.8 Å². The standard InChI is InChI=1S/C36H20N2O6/c39-31-19-9-1-3-11-21(19)33(41)29-25(31)15-7-17-27(29)37-35(43)23-13-5-6-14-24(23)36(44)38-28-18-8-16-26-30(28)34(42)22-12-4-2-10-20(22)32(26)40/h1-18H,(H,37,43)(H,38,44). The fourth-order valence-corrected chi connectivity index (χ4v) is 5.76. The predicted octanol–water partition coefficient (Wildman–Crippen LogP) is 5.74. The van der Waals surface area contributed by atoms with E-state index in [1.165, 1.54) is 36.4 Å². The van der Waals surface area contributed by atoms with Gasteiger partial charge in [0, 0.05) is 33.4 Å². The Balaban J connectivity index is 1.20. The van der Waals surface area contributed by atoms with Gasteiger partial charge in [0.1, 0.15) is 0 Å². The fourth-order valence-electron chi connectivity index (χ4n) is 5.76. The van der Waals surface area contributed by atoms with Crippen molar-refractivity contribution in [1.82, 2.24) is 0 Å². The van der Waals surface area contributed by atoms with E-state index < -0.39 is 23.4 Å². The molecule has 8 heteroatoms. The first-order valence-electron chi connectivity index (χ1n) is 13.7. The zero-order chi connectivity index (χ0) is 30.5. The number of carbonyl (C=O) groups is 6. The molecular formula is C36H20N2O6. The predicted molar refractivity (Wildman–Crippen MR) is 162 cm³/mol. The Morgan fingerprint density at radius 1 is 0.364 bits per heavy atom. The molecule has 2 amide bonds. The van der Waals surface area contributed by atoms with Gasteiger partial charge in [-0.25, -0.2) is 0 Å². The average Bonchev–Trinajstić information content (AvgIpc) is 3.06. The molecule has 0 saturated heterocycles. The number of rotatable bonds is 4. The first-order chi connectivity index (χ1) is 21.3. The van der Waals surface area contributed by atoms with Crippen LogP contribution in [0, 0.1) is 0 Å². The van der Waals surface area contributed by atoms with Gasteiger partial charge in [0.2, 0.25) is 0 Å². The van der Waals surface area contributed by atoms with E-state index in [4.69, 9.17) is 0 Å². The number of amides is 2. The first-order valence-corrected chi connectivity index (χ1v) is 13.7. The summed E-state index contributed by atoms with van der Waals surface area (Å²) in [5.41, 5.74) is 1.83. The zero-order valence-electron chi connectivity index (χ0n) is 22.8. The summed E-state index contributed by atoms with van der Waals surface area (Å²) in [5.74, 6) is -2.81. The van der Waals surface area contributed by atoms with Gasteiger partial charge < -0.3 is 10.6 Å². The van der Waals surface area contributed by atoms with Crippen LogP contribution in [0.25, 0.3) is 0 Å². The number of hydrogen-bond donors (Lipinski definition) is 2. The second kappa shape index (κ2) is 10.2. The fraction of sp³-hybridized carbons (Fsp3) is 0. The Labute approximate surface area is 250 Å². The quantitative estimate of drug-likeness (QED) is 0.275. The monoisotopic (exact) mass is 576 g/mol. The van der Waals surface area contributed by atoms with E-state index in [1.54, 1.807) is 72.8 Å². The molecule has 0 atom stereocenters. The molecule has 5 aromatic carbocycles. The van der Waals surface area contributed by atoms with Gasteiger partial charge in [-0.05, 0) is 24.3 Å². The molecule has 0 unspecified atom stereocenters. The van der Waals surface area contributed by atoms with E-state index in [0.29, 0.717) is 11.1 Å². The third-order valence-electron chi connectivity index (χ3n) is 7.82. The molecule has 0 heterocycles. The lowest BCUT2D eigenvalue weighted by Gasteiger charge is -2.21. The minimum Gasteiger partial charge on any atom is -0.321 e. The smallest absolute Gasteiger partial charge is 0.256 e. The average molecular weight is 577 g/mol. The summed E-state index contributed by atoms with van der Waals surface area (Å²) < 4.78 is 0. The molecule has 0 aliphatic heterocycles. The number of nitrogens with one attached hydrogen (secondary N) is 2. The molecule has 5 aromatic rings. The van der Waals surface area contributed by atoms with Crippen molar-refractivity contribution < 1.29 is 28.8 Å². The summed E-state index contributed by atoms with van der Waals surface area (Å²) in [6.45, 7) is 0. The molecule has 2 N–H and O–H groups in total. The van der Waals surface area contributed by atoms with Crippen LogP contribution in [0.3, 0.4) is 0 Å².